The zero-order chi connectivity index (χ0) is 10.8. The number of nitrogens with zero attached hydrogens (tertiary/aromatic N) is 2. The topological polar surface area (TPSA) is 42.1 Å². The minimum absolute atomic E-state index is 0.292. The van der Waals surface area contributed by atoms with Gasteiger partial charge in [-0.25, -0.2) is 4.98 Å². The van der Waals surface area contributed by atoms with E-state index in [1.165, 1.54) is 12.0 Å². The molecular weight excluding hydrogens is 186 g/mol. The first-order valence-corrected chi connectivity index (χ1v) is 5.60. The van der Waals surface area contributed by atoms with Gasteiger partial charge in [0, 0.05) is 25.3 Å². The molecular formula is C12H19N3. The number of anilines is 1. The smallest absolute Gasteiger partial charge is 0.128 e. The average Bonchev–Trinajstić information content (AvgIpc) is 2.68. The summed E-state index contributed by atoms with van der Waals surface area (Å²) in [6, 6.07) is 4.50. The molecule has 0 radical (unpaired) electrons. The number of hydrogen-bond donors (Lipinski definition) is 1. The van der Waals surface area contributed by atoms with Gasteiger partial charge in [-0.1, -0.05) is 6.07 Å². The van der Waals surface area contributed by atoms with Crippen molar-refractivity contribution in [3.05, 3.63) is 23.9 Å². The Kier molecular flexibility index (Phi) is 2.91. The predicted molar refractivity (Wildman–Crippen MR) is 62.9 cm³/mol. The highest BCUT2D eigenvalue weighted by molar-refractivity contribution is 5.40. The molecule has 1 aromatic rings. The van der Waals surface area contributed by atoms with Crippen LogP contribution in [-0.2, 0) is 0 Å². The molecule has 15 heavy (non-hydrogen) atoms. The fourth-order valence-corrected chi connectivity index (χ4v) is 2.07. The molecule has 0 amide bonds. The van der Waals surface area contributed by atoms with Crippen molar-refractivity contribution in [2.45, 2.75) is 26.3 Å². The highest BCUT2D eigenvalue weighted by Crippen LogP contribution is 2.23. The second kappa shape index (κ2) is 4.19. The second-order valence-electron chi connectivity index (χ2n) is 4.55. The van der Waals surface area contributed by atoms with Gasteiger partial charge >= 0.3 is 0 Å². The van der Waals surface area contributed by atoms with Crippen molar-refractivity contribution >= 4 is 5.82 Å². The first-order valence-electron chi connectivity index (χ1n) is 5.60. The lowest BCUT2D eigenvalue weighted by Crippen LogP contribution is -2.29. The van der Waals surface area contributed by atoms with E-state index in [2.05, 4.69) is 35.9 Å². The molecule has 2 N–H and O–H groups in total. The third-order valence-corrected chi connectivity index (χ3v) is 3.19. The van der Waals surface area contributed by atoms with Crippen molar-refractivity contribution in [1.29, 1.82) is 0 Å². The molecule has 0 spiro atoms. The normalized spacial score (nSPS) is 23.1. The van der Waals surface area contributed by atoms with Crippen LogP contribution in [0.5, 0.6) is 0 Å². The Balaban J connectivity index is 2.04. The molecule has 0 aromatic carbocycles. The van der Waals surface area contributed by atoms with E-state index in [0.717, 1.165) is 18.9 Å². The minimum atomic E-state index is 0.292. The molecule has 82 valence electrons. The van der Waals surface area contributed by atoms with Gasteiger partial charge in [0.05, 0.1) is 0 Å². The van der Waals surface area contributed by atoms with Crippen LogP contribution in [0.1, 0.15) is 18.9 Å². The zero-order valence-corrected chi connectivity index (χ0v) is 9.48. The maximum Gasteiger partial charge on any atom is 0.128 e. The molecule has 1 aliphatic rings. The quantitative estimate of drug-likeness (QED) is 0.796. The van der Waals surface area contributed by atoms with Gasteiger partial charge in [0.15, 0.2) is 0 Å². The number of aromatic nitrogens is 1. The maximum absolute atomic E-state index is 5.92. The van der Waals surface area contributed by atoms with Crippen LogP contribution in [0, 0.1) is 12.8 Å². The van der Waals surface area contributed by atoms with E-state index >= 15 is 0 Å². The van der Waals surface area contributed by atoms with Gasteiger partial charge < -0.3 is 10.6 Å². The zero-order valence-electron chi connectivity index (χ0n) is 9.48. The highest BCUT2D eigenvalue weighted by Gasteiger charge is 2.25. The van der Waals surface area contributed by atoms with Crippen molar-refractivity contribution in [3.8, 4) is 0 Å². The summed E-state index contributed by atoms with van der Waals surface area (Å²) in [5, 5.41) is 0. The Labute approximate surface area is 91.3 Å². The monoisotopic (exact) mass is 205 g/mol. The molecule has 0 saturated carbocycles. The third-order valence-electron chi connectivity index (χ3n) is 3.19. The average molecular weight is 205 g/mol. The van der Waals surface area contributed by atoms with Crippen LogP contribution in [-0.4, -0.2) is 24.1 Å². The molecule has 2 heterocycles. The van der Waals surface area contributed by atoms with E-state index in [-0.39, 0.29) is 0 Å². The Morgan fingerprint density at radius 2 is 2.33 bits per heavy atom. The molecule has 2 unspecified atom stereocenters. The molecule has 3 heteroatoms. The SMILES string of the molecule is Cc1ccc(N2CCC(C(C)N)C2)nc1. The van der Waals surface area contributed by atoms with Crippen LogP contribution in [0.4, 0.5) is 5.82 Å². The Morgan fingerprint density at radius 1 is 1.53 bits per heavy atom. The van der Waals surface area contributed by atoms with E-state index < -0.39 is 0 Å². The van der Waals surface area contributed by atoms with Gasteiger partial charge in [0.2, 0.25) is 0 Å². The van der Waals surface area contributed by atoms with Crippen LogP contribution < -0.4 is 10.6 Å². The summed E-state index contributed by atoms with van der Waals surface area (Å²) < 4.78 is 0. The summed E-state index contributed by atoms with van der Waals surface area (Å²) in [6.07, 6.45) is 3.11. The summed E-state index contributed by atoms with van der Waals surface area (Å²) in [6.45, 7) is 6.29. The minimum Gasteiger partial charge on any atom is -0.356 e. The Hall–Kier alpha value is -1.09. The van der Waals surface area contributed by atoms with E-state index in [4.69, 9.17) is 5.73 Å². The maximum atomic E-state index is 5.92. The van der Waals surface area contributed by atoms with Gasteiger partial charge in [-0.15, -0.1) is 0 Å². The predicted octanol–water partition coefficient (Wildman–Crippen LogP) is 1.56. The fraction of sp³-hybridized carbons (Fsp3) is 0.583. The van der Waals surface area contributed by atoms with E-state index in [0.29, 0.717) is 12.0 Å². The Bertz CT molecular complexity index is 318. The van der Waals surface area contributed by atoms with Crippen molar-refractivity contribution < 1.29 is 0 Å². The summed E-state index contributed by atoms with van der Waals surface area (Å²) in [4.78, 5) is 6.77. The number of pyridine rings is 1. The van der Waals surface area contributed by atoms with Crippen molar-refractivity contribution in [2.24, 2.45) is 11.7 Å². The summed E-state index contributed by atoms with van der Waals surface area (Å²) in [7, 11) is 0. The summed E-state index contributed by atoms with van der Waals surface area (Å²) in [5.74, 6) is 1.71. The lowest BCUT2D eigenvalue weighted by atomic mass is 10.0. The molecule has 1 aromatic heterocycles. The van der Waals surface area contributed by atoms with Crippen LogP contribution in [0.3, 0.4) is 0 Å². The number of rotatable bonds is 2. The Morgan fingerprint density at radius 3 is 2.87 bits per heavy atom. The van der Waals surface area contributed by atoms with Crippen LogP contribution in [0.15, 0.2) is 18.3 Å². The molecule has 2 rings (SSSR count). The van der Waals surface area contributed by atoms with Crippen molar-refractivity contribution in [1.82, 2.24) is 4.98 Å². The largest absolute Gasteiger partial charge is 0.356 e. The first kappa shape index (κ1) is 10.4. The second-order valence-corrected chi connectivity index (χ2v) is 4.55. The third kappa shape index (κ3) is 2.29. The number of nitrogens with two attached hydrogens (primary N) is 1. The van der Waals surface area contributed by atoms with Gasteiger partial charge in [0.1, 0.15) is 5.82 Å². The molecule has 1 fully saturated rings. The number of hydrogen-bond acceptors (Lipinski definition) is 3. The lowest BCUT2D eigenvalue weighted by molar-refractivity contribution is 0.488. The van der Waals surface area contributed by atoms with Gasteiger partial charge in [-0.3, -0.25) is 0 Å². The van der Waals surface area contributed by atoms with Crippen LogP contribution in [0.25, 0.3) is 0 Å². The van der Waals surface area contributed by atoms with Gasteiger partial charge in [-0.2, -0.15) is 0 Å². The summed E-state index contributed by atoms with van der Waals surface area (Å²) >= 11 is 0. The molecule has 2 atom stereocenters. The fourth-order valence-electron chi connectivity index (χ4n) is 2.07. The summed E-state index contributed by atoms with van der Waals surface area (Å²) in [5.41, 5.74) is 7.12. The molecule has 1 aliphatic heterocycles. The van der Waals surface area contributed by atoms with Crippen molar-refractivity contribution in [3.63, 3.8) is 0 Å². The standard InChI is InChI=1S/C12H19N3/c1-9-3-4-12(14-7-9)15-6-5-11(8-15)10(2)13/h3-4,7,10-11H,5-6,8,13H2,1-2H3. The highest BCUT2D eigenvalue weighted by atomic mass is 15.2. The molecule has 0 aliphatic carbocycles. The van der Waals surface area contributed by atoms with E-state index in [1.54, 1.807) is 0 Å². The molecule has 3 nitrogen and oxygen atoms in total. The van der Waals surface area contributed by atoms with E-state index in [1.807, 2.05) is 6.20 Å². The van der Waals surface area contributed by atoms with Crippen LogP contribution >= 0.6 is 0 Å². The van der Waals surface area contributed by atoms with Crippen LogP contribution in [0.2, 0.25) is 0 Å². The van der Waals surface area contributed by atoms with Crippen molar-refractivity contribution in [2.75, 3.05) is 18.0 Å². The first-order chi connectivity index (χ1) is 7.16. The van der Waals surface area contributed by atoms with Gasteiger partial charge in [-0.05, 0) is 37.8 Å². The van der Waals surface area contributed by atoms with Gasteiger partial charge in [0.25, 0.3) is 0 Å². The lowest BCUT2D eigenvalue weighted by Gasteiger charge is -2.18. The molecule has 0 bridgehead atoms. The molecule has 1 saturated heterocycles. The number of aryl methyl sites for hydroxylation is 1. The van der Waals surface area contributed by atoms with E-state index in [9.17, 15) is 0 Å².